The van der Waals surface area contributed by atoms with Gasteiger partial charge in [0, 0.05) is 16.6 Å². The first-order valence-electron chi connectivity index (χ1n) is 6.12. The monoisotopic (exact) mass is 262 g/mol. The molecule has 3 nitrogen and oxygen atoms in total. The molecule has 2 heterocycles. The SMILES string of the molecule is CCCNC(c1cccs1)c1cccnc1OC. The first kappa shape index (κ1) is 13.1. The fourth-order valence-corrected chi connectivity index (χ4v) is 2.72. The maximum atomic E-state index is 5.36. The summed E-state index contributed by atoms with van der Waals surface area (Å²) in [7, 11) is 1.66. The van der Waals surface area contributed by atoms with Crippen LogP contribution in [0.5, 0.6) is 5.88 Å². The highest BCUT2D eigenvalue weighted by atomic mass is 32.1. The molecular weight excluding hydrogens is 244 g/mol. The number of hydrogen-bond donors (Lipinski definition) is 1. The van der Waals surface area contributed by atoms with E-state index in [2.05, 4.69) is 40.8 Å². The van der Waals surface area contributed by atoms with Gasteiger partial charge in [-0.05, 0) is 30.5 Å². The van der Waals surface area contributed by atoms with Gasteiger partial charge >= 0.3 is 0 Å². The predicted octanol–water partition coefficient (Wildman–Crippen LogP) is 3.24. The fraction of sp³-hybridized carbons (Fsp3) is 0.357. The standard InChI is InChI=1S/C14H18N2OS/c1-3-8-15-13(12-7-5-10-18-12)11-6-4-9-16-14(11)17-2/h4-7,9-10,13,15H,3,8H2,1-2H3. The molecule has 2 rings (SSSR count). The van der Waals surface area contributed by atoms with Crippen molar-refractivity contribution in [2.45, 2.75) is 19.4 Å². The number of nitrogens with zero attached hydrogens (tertiary/aromatic N) is 1. The molecule has 2 aromatic rings. The van der Waals surface area contributed by atoms with E-state index in [-0.39, 0.29) is 6.04 Å². The van der Waals surface area contributed by atoms with Gasteiger partial charge in [0.2, 0.25) is 5.88 Å². The van der Waals surface area contributed by atoms with Crippen LogP contribution in [0.1, 0.15) is 29.8 Å². The Morgan fingerprint density at radius 3 is 2.94 bits per heavy atom. The quantitative estimate of drug-likeness (QED) is 0.867. The highest BCUT2D eigenvalue weighted by Crippen LogP contribution is 2.30. The second kappa shape index (κ2) is 6.52. The molecule has 0 aliphatic rings. The Balaban J connectivity index is 2.33. The Morgan fingerprint density at radius 1 is 1.39 bits per heavy atom. The van der Waals surface area contributed by atoms with Crippen molar-refractivity contribution in [3.8, 4) is 5.88 Å². The molecular formula is C14H18N2OS. The summed E-state index contributed by atoms with van der Waals surface area (Å²) in [6.45, 7) is 3.14. The maximum Gasteiger partial charge on any atom is 0.218 e. The molecule has 4 heteroatoms. The van der Waals surface area contributed by atoms with Gasteiger partial charge in [-0.3, -0.25) is 0 Å². The molecule has 18 heavy (non-hydrogen) atoms. The Kier molecular flexibility index (Phi) is 4.73. The van der Waals surface area contributed by atoms with E-state index in [0.29, 0.717) is 5.88 Å². The summed E-state index contributed by atoms with van der Waals surface area (Å²) in [6.07, 6.45) is 2.86. The lowest BCUT2D eigenvalue weighted by atomic mass is 10.1. The van der Waals surface area contributed by atoms with Crippen molar-refractivity contribution in [3.63, 3.8) is 0 Å². The molecule has 1 atom stereocenters. The third-order valence-electron chi connectivity index (χ3n) is 2.73. The van der Waals surface area contributed by atoms with E-state index in [4.69, 9.17) is 4.74 Å². The van der Waals surface area contributed by atoms with Crippen LogP contribution in [0.15, 0.2) is 35.8 Å². The molecule has 1 N–H and O–H groups in total. The lowest BCUT2D eigenvalue weighted by molar-refractivity contribution is 0.387. The number of aromatic nitrogens is 1. The summed E-state index contributed by atoms with van der Waals surface area (Å²) in [6, 6.07) is 8.40. The number of ether oxygens (including phenoxy) is 1. The topological polar surface area (TPSA) is 34.2 Å². The van der Waals surface area contributed by atoms with Gasteiger partial charge in [0.05, 0.1) is 13.2 Å². The van der Waals surface area contributed by atoms with E-state index in [0.717, 1.165) is 18.5 Å². The molecule has 0 spiro atoms. The van der Waals surface area contributed by atoms with Crippen LogP contribution in [0.4, 0.5) is 0 Å². The average molecular weight is 262 g/mol. The van der Waals surface area contributed by atoms with E-state index in [1.165, 1.54) is 4.88 Å². The number of methoxy groups -OCH3 is 1. The summed E-state index contributed by atoms with van der Waals surface area (Å²) < 4.78 is 5.36. The lowest BCUT2D eigenvalue weighted by Crippen LogP contribution is -2.23. The van der Waals surface area contributed by atoms with Crippen LogP contribution >= 0.6 is 11.3 Å². The molecule has 0 amide bonds. The van der Waals surface area contributed by atoms with Gasteiger partial charge in [0.1, 0.15) is 0 Å². The van der Waals surface area contributed by atoms with Crippen molar-refractivity contribution in [2.75, 3.05) is 13.7 Å². The molecule has 0 radical (unpaired) electrons. The molecule has 1 unspecified atom stereocenters. The molecule has 0 fully saturated rings. The van der Waals surface area contributed by atoms with Crippen LogP contribution in [0, 0.1) is 0 Å². The zero-order valence-corrected chi connectivity index (χ0v) is 11.5. The molecule has 0 aliphatic heterocycles. The van der Waals surface area contributed by atoms with Gasteiger partial charge < -0.3 is 10.1 Å². The number of thiophene rings is 1. The number of hydrogen-bond acceptors (Lipinski definition) is 4. The van der Waals surface area contributed by atoms with Crippen molar-refractivity contribution in [3.05, 3.63) is 46.3 Å². The van der Waals surface area contributed by atoms with Crippen molar-refractivity contribution >= 4 is 11.3 Å². The largest absolute Gasteiger partial charge is 0.481 e. The summed E-state index contributed by atoms with van der Waals surface area (Å²) >= 11 is 1.75. The molecule has 0 aromatic carbocycles. The van der Waals surface area contributed by atoms with Crippen LogP contribution in [0.2, 0.25) is 0 Å². The Bertz CT molecular complexity index is 470. The van der Waals surface area contributed by atoms with E-state index in [1.807, 2.05) is 6.07 Å². The third-order valence-corrected chi connectivity index (χ3v) is 3.67. The zero-order valence-electron chi connectivity index (χ0n) is 10.7. The van der Waals surface area contributed by atoms with Gasteiger partial charge in [-0.15, -0.1) is 11.3 Å². The van der Waals surface area contributed by atoms with E-state index in [1.54, 1.807) is 24.6 Å². The van der Waals surface area contributed by atoms with E-state index < -0.39 is 0 Å². The molecule has 0 aliphatic carbocycles. The van der Waals surface area contributed by atoms with Gasteiger partial charge in [-0.1, -0.05) is 19.1 Å². The van der Waals surface area contributed by atoms with Crippen molar-refractivity contribution in [2.24, 2.45) is 0 Å². The van der Waals surface area contributed by atoms with E-state index in [9.17, 15) is 0 Å². The summed E-state index contributed by atoms with van der Waals surface area (Å²) in [5.41, 5.74) is 1.09. The number of pyridine rings is 1. The van der Waals surface area contributed by atoms with Gasteiger partial charge in [-0.25, -0.2) is 4.98 Å². The van der Waals surface area contributed by atoms with Crippen LogP contribution in [0.3, 0.4) is 0 Å². The smallest absolute Gasteiger partial charge is 0.218 e. The van der Waals surface area contributed by atoms with Crippen LogP contribution in [-0.4, -0.2) is 18.6 Å². The normalized spacial score (nSPS) is 12.3. The maximum absolute atomic E-state index is 5.36. The van der Waals surface area contributed by atoms with Crippen molar-refractivity contribution in [1.82, 2.24) is 10.3 Å². The summed E-state index contributed by atoms with van der Waals surface area (Å²) in [4.78, 5) is 5.57. The van der Waals surface area contributed by atoms with Gasteiger partial charge in [0.25, 0.3) is 0 Å². The minimum Gasteiger partial charge on any atom is -0.481 e. The molecule has 2 aromatic heterocycles. The number of rotatable bonds is 6. The lowest BCUT2D eigenvalue weighted by Gasteiger charge is -2.19. The first-order valence-corrected chi connectivity index (χ1v) is 7.00. The summed E-state index contributed by atoms with van der Waals surface area (Å²) in [5, 5.41) is 5.65. The highest BCUT2D eigenvalue weighted by molar-refractivity contribution is 7.10. The van der Waals surface area contributed by atoms with Gasteiger partial charge in [-0.2, -0.15) is 0 Å². The highest BCUT2D eigenvalue weighted by Gasteiger charge is 2.18. The average Bonchev–Trinajstić information content (AvgIpc) is 2.94. The van der Waals surface area contributed by atoms with E-state index >= 15 is 0 Å². The molecule has 0 saturated carbocycles. The second-order valence-electron chi connectivity index (χ2n) is 4.00. The molecule has 0 saturated heterocycles. The minimum atomic E-state index is 0.161. The zero-order chi connectivity index (χ0) is 12.8. The predicted molar refractivity (Wildman–Crippen MR) is 75.2 cm³/mol. The minimum absolute atomic E-state index is 0.161. The molecule has 96 valence electrons. The first-order chi connectivity index (χ1) is 8.86. The third kappa shape index (κ3) is 2.89. The van der Waals surface area contributed by atoms with Crippen LogP contribution in [-0.2, 0) is 0 Å². The second-order valence-corrected chi connectivity index (χ2v) is 4.98. The van der Waals surface area contributed by atoms with Crippen LogP contribution in [0.25, 0.3) is 0 Å². The summed E-state index contributed by atoms with van der Waals surface area (Å²) in [5.74, 6) is 0.694. The Labute approximate surface area is 112 Å². The number of nitrogens with one attached hydrogen (secondary N) is 1. The van der Waals surface area contributed by atoms with Crippen molar-refractivity contribution in [1.29, 1.82) is 0 Å². The van der Waals surface area contributed by atoms with Gasteiger partial charge in [0.15, 0.2) is 0 Å². The Morgan fingerprint density at radius 2 is 2.28 bits per heavy atom. The van der Waals surface area contributed by atoms with Crippen molar-refractivity contribution < 1.29 is 4.74 Å². The van der Waals surface area contributed by atoms with Crippen LogP contribution < -0.4 is 10.1 Å². The molecule has 0 bridgehead atoms. The Hall–Kier alpha value is -1.39. The fourth-order valence-electron chi connectivity index (χ4n) is 1.90.